The molecule has 0 amide bonds. The van der Waals surface area contributed by atoms with Crippen molar-refractivity contribution in [3.63, 3.8) is 0 Å². The van der Waals surface area contributed by atoms with Gasteiger partial charge < -0.3 is 10.0 Å². The Bertz CT molecular complexity index is 540. The average Bonchev–Trinajstić information content (AvgIpc) is 2.39. The van der Waals surface area contributed by atoms with Gasteiger partial charge >= 0.3 is 0 Å². The van der Waals surface area contributed by atoms with Crippen molar-refractivity contribution in [3.05, 3.63) is 65.5 Å². The lowest BCUT2D eigenvalue weighted by Crippen LogP contribution is -2.20. The Balaban J connectivity index is 2.31. The summed E-state index contributed by atoms with van der Waals surface area (Å²) in [4.78, 5) is 1.83. The minimum absolute atomic E-state index is 0.308. The molecular formula is C16H18FNO. The maximum Gasteiger partial charge on any atom is 0.146 e. The maximum atomic E-state index is 14.0. The molecule has 2 rings (SSSR count). The minimum Gasteiger partial charge on any atom is -0.389 e. The number of hydrogen-bond donors (Lipinski definition) is 1. The molecule has 0 heterocycles. The van der Waals surface area contributed by atoms with Crippen LogP contribution in [0.1, 0.15) is 24.2 Å². The van der Waals surface area contributed by atoms with Crippen molar-refractivity contribution in [2.45, 2.75) is 19.6 Å². The van der Waals surface area contributed by atoms with Gasteiger partial charge in [-0.1, -0.05) is 42.5 Å². The van der Waals surface area contributed by atoms with Gasteiger partial charge in [-0.15, -0.1) is 0 Å². The van der Waals surface area contributed by atoms with Crippen molar-refractivity contribution < 1.29 is 9.50 Å². The number of aliphatic hydroxyl groups is 1. The molecule has 1 N–H and O–H groups in total. The maximum absolute atomic E-state index is 14.0. The van der Waals surface area contributed by atoms with E-state index in [1.807, 2.05) is 42.3 Å². The number of aliphatic hydroxyl groups excluding tert-OH is 1. The zero-order chi connectivity index (χ0) is 13.8. The van der Waals surface area contributed by atoms with E-state index in [0.29, 0.717) is 17.8 Å². The standard InChI is InChI=1S/C16H18FNO/c1-12(19)14-9-6-10-15(17)16(14)18(2)11-13-7-4-3-5-8-13/h3-10,12,19H,11H2,1-2H3/t12-/m0/s1. The van der Waals surface area contributed by atoms with Gasteiger partial charge in [0.05, 0.1) is 11.8 Å². The van der Waals surface area contributed by atoms with Crippen LogP contribution in [0.4, 0.5) is 10.1 Å². The molecule has 19 heavy (non-hydrogen) atoms. The molecule has 2 aromatic rings. The molecule has 0 aliphatic carbocycles. The van der Waals surface area contributed by atoms with Gasteiger partial charge in [-0.3, -0.25) is 0 Å². The molecule has 2 nitrogen and oxygen atoms in total. The summed E-state index contributed by atoms with van der Waals surface area (Å²) in [5.41, 5.74) is 2.17. The number of benzene rings is 2. The Morgan fingerprint density at radius 2 is 1.79 bits per heavy atom. The Morgan fingerprint density at radius 3 is 2.42 bits per heavy atom. The Morgan fingerprint density at radius 1 is 1.11 bits per heavy atom. The van der Waals surface area contributed by atoms with Crippen LogP contribution in [-0.2, 0) is 6.54 Å². The normalized spacial score (nSPS) is 12.2. The fourth-order valence-electron chi connectivity index (χ4n) is 2.21. The molecule has 0 bridgehead atoms. The Hall–Kier alpha value is -1.87. The molecule has 3 heteroatoms. The highest BCUT2D eigenvalue weighted by atomic mass is 19.1. The average molecular weight is 259 g/mol. The second-order valence-electron chi connectivity index (χ2n) is 4.70. The first-order valence-electron chi connectivity index (χ1n) is 6.31. The smallest absolute Gasteiger partial charge is 0.146 e. The van der Waals surface area contributed by atoms with Crippen LogP contribution in [0.2, 0.25) is 0 Å². The van der Waals surface area contributed by atoms with E-state index < -0.39 is 6.10 Å². The summed E-state index contributed by atoms with van der Waals surface area (Å²) in [5.74, 6) is -0.308. The second kappa shape index (κ2) is 5.85. The summed E-state index contributed by atoms with van der Waals surface area (Å²) >= 11 is 0. The van der Waals surface area contributed by atoms with E-state index in [2.05, 4.69) is 0 Å². The lowest BCUT2D eigenvalue weighted by atomic mass is 10.1. The summed E-state index contributed by atoms with van der Waals surface area (Å²) in [6.45, 7) is 2.25. The molecule has 0 spiro atoms. The molecule has 0 unspecified atom stereocenters. The van der Waals surface area contributed by atoms with Gasteiger partial charge in [0.2, 0.25) is 0 Å². The molecule has 2 aromatic carbocycles. The fourth-order valence-corrected chi connectivity index (χ4v) is 2.21. The van der Waals surface area contributed by atoms with E-state index in [1.165, 1.54) is 6.07 Å². The summed E-state index contributed by atoms with van der Waals surface area (Å²) in [6, 6.07) is 14.7. The topological polar surface area (TPSA) is 23.5 Å². The first kappa shape index (κ1) is 13.6. The van der Waals surface area contributed by atoms with Crippen molar-refractivity contribution in [1.29, 1.82) is 0 Å². The predicted molar refractivity (Wildman–Crippen MR) is 75.6 cm³/mol. The monoisotopic (exact) mass is 259 g/mol. The minimum atomic E-state index is -0.691. The van der Waals surface area contributed by atoms with Crippen LogP contribution in [0.3, 0.4) is 0 Å². The zero-order valence-corrected chi connectivity index (χ0v) is 11.2. The Labute approximate surface area is 113 Å². The van der Waals surface area contributed by atoms with Gasteiger partial charge in [-0.25, -0.2) is 4.39 Å². The van der Waals surface area contributed by atoms with E-state index in [1.54, 1.807) is 19.1 Å². The number of para-hydroxylation sites is 1. The SMILES string of the molecule is C[C@H](O)c1cccc(F)c1N(C)Cc1ccccc1. The number of hydrogen-bond acceptors (Lipinski definition) is 2. The van der Waals surface area contributed by atoms with Gasteiger partial charge in [-0.2, -0.15) is 0 Å². The molecule has 0 aliphatic rings. The van der Waals surface area contributed by atoms with Crippen LogP contribution in [0.25, 0.3) is 0 Å². The third-order valence-electron chi connectivity index (χ3n) is 3.11. The molecule has 0 saturated heterocycles. The lowest BCUT2D eigenvalue weighted by molar-refractivity contribution is 0.199. The van der Waals surface area contributed by atoms with E-state index in [-0.39, 0.29) is 5.82 Å². The van der Waals surface area contributed by atoms with Gasteiger partial charge in [0, 0.05) is 19.2 Å². The molecule has 0 aliphatic heterocycles. The molecular weight excluding hydrogens is 241 g/mol. The lowest BCUT2D eigenvalue weighted by Gasteiger charge is -2.24. The highest BCUT2D eigenvalue weighted by molar-refractivity contribution is 5.55. The van der Waals surface area contributed by atoms with Crippen LogP contribution in [0.5, 0.6) is 0 Å². The molecule has 0 fully saturated rings. The number of anilines is 1. The first-order chi connectivity index (χ1) is 9.09. The Kier molecular flexibility index (Phi) is 4.17. The van der Waals surface area contributed by atoms with E-state index >= 15 is 0 Å². The van der Waals surface area contributed by atoms with Gasteiger partial charge in [-0.05, 0) is 18.6 Å². The fraction of sp³-hybridized carbons (Fsp3) is 0.250. The molecule has 1 atom stereocenters. The largest absolute Gasteiger partial charge is 0.389 e. The number of nitrogens with zero attached hydrogens (tertiary/aromatic N) is 1. The highest BCUT2D eigenvalue weighted by Gasteiger charge is 2.16. The summed E-state index contributed by atoms with van der Waals surface area (Å²) in [5, 5.41) is 9.75. The van der Waals surface area contributed by atoms with Crippen LogP contribution in [0, 0.1) is 5.82 Å². The highest BCUT2D eigenvalue weighted by Crippen LogP contribution is 2.29. The van der Waals surface area contributed by atoms with Gasteiger partial charge in [0.25, 0.3) is 0 Å². The third-order valence-corrected chi connectivity index (χ3v) is 3.11. The zero-order valence-electron chi connectivity index (χ0n) is 11.2. The van der Waals surface area contributed by atoms with Crippen LogP contribution in [0.15, 0.2) is 48.5 Å². The quantitative estimate of drug-likeness (QED) is 0.908. The molecule has 100 valence electrons. The summed E-state index contributed by atoms with van der Waals surface area (Å²) in [7, 11) is 1.83. The second-order valence-corrected chi connectivity index (χ2v) is 4.70. The van der Waals surface area contributed by atoms with Crippen LogP contribution in [-0.4, -0.2) is 12.2 Å². The number of halogens is 1. The van der Waals surface area contributed by atoms with Crippen molar-refractivity contribution in [2.24, 2.45) is 0 Å². The number of rotatable bonds is 4. The first-order valence-corrected chi connectivity index (χ1v) is 6.31. The summed E-state index contributed by atoms with van der Waals surface area (Å²) in [6.07, 6.45) is -0.691. The molecule has 0 aromatic heterocycles. The predicted octanol–water partition coefficient (Wildman–Crippen LogP) is 3.52. The van der Waals surface area contributed by atoms with E-state index in [0.717, 1.165) is 5.56 Å². The van der Waals surface area contributed by atoms with Gasteiger partial charge in [0.15, 0.2) is 0 Å². The summed E-state index contributed by atoms with van der Waals surface area (Å²) < 4.78 is 14.0. The van der Waals surface area contributed by atoms with Crippen LogP contribution >= 0.6 is 0 Å². The van der Waals surface area contributed by atoms with Crippen molar-refractivity contribution in [2.75, 3.05) is 11.9 Å². The molecule has 0 saturated carbocycles. The molecule has 0 radical (unpaired) electrons. The third kappa shape index (κ3) is 3.12. The van der Waals surface area contributed by atoms with Crippen molar-refractivity contribution in [3.8, 4) is 0 Å². The van der Waals surface area contributed by atoms with Crippen molar-refractivity contribution in [1.82, 2.24) is 0 Å². The van der Waals surface area contributed by atoms with Gasteiger partial charge in [0.1, 0.15) is 5.82 Å². The van der Waals surface area contributed by atoms with E-state index in [4.69, 9.17) is 0 Å². The van der Waals surface area contributed by atoms with Crippen LogP contribution < -0.4 is 4.90 Å². The van der Waals surface area contributed by atoms with E-state index in [9.17, 15) is 9.50 Å². The van der Waals surface area contributed by atoms with Crippen molar-refractivity contribution >= 4 is 5.69 Å².